The van der Waals surface area contributed by atoms with Gasteiger partial charge < -0.3 is 5.73 Å². The first-order chi connectivity index (χ1) is 6.40. The van der Waals surface area contributed by atoms with Gasteiger partial charge in [-0.1, -0.05) is 0 Å². The molecule has 2 aromatic heterocycles. The van der Waals surface area contributed by atoms with E-state index in [1.165, 1.54) is 5.56 Å². The lowest BCUT2D eigenvalue weighted by atomic mass is 10.2. The Morgan fingerprint density at radius 3 is 3.08 bits per heavy atom. The molecule has 0 aliphatic heterocycles. The van der Waals surface area contributed by atoms with Crippen molar-refractivity contribution in [3.63, 3.8) is 0 Å². The third-order valence-electron chi connectivity index (χ3n) is 1.85. The normalized spacial score (nSPS) is 10.5. The highest BCUT2D eigenvalue weighted by Crippen LogP contribution is 2.20. The largest absolute Gasteiger partial charge is 0.329 e. The minimum Gasteiger partial charge on any atom is -0.329 e. The maximum atomic E-state index is 5.43. The van der Waals surface area contributed by atoms with Gasteiger partial charge in [-0.3, -0.25) is 4.68 Å². The summed E-state index contributed by atoms with van der Waals surface area (Å²) >= 11 is 1.70. The van der Waals surface area contributed by atoms with Crippen molar-refractivity contribution in [2.45, 2.75) is 6.54 Å². The van der Waals surface area contributed by atoms with Crippen molar-refractivity contribution in [2.75, 3.05) is 6.54 Å². The van der Waals surface area contributed by atoms with Gasteiger partial charge in [-0.05, 0) is 22.4 Å². The SMILES string of the molecule is NCCn1cc(-c2ccsc2)cn1. The van der Waals surface area contributed by atoms with Crippen molar-refractivity contribution < 1.29 is 0 Å². The predicted octanol–water partition coefficient (Wildman–Crippen LogP) is 1.57. The highest BCUT2D eigenvalue weighted by Gasteiger charge is 2.00. The quantitative estimate of drug-likeness (QED) is 0.804. The third kappa shape index (κ3) is 1.79. The van der Waals surface area contributed by atoms with Crippen LogP contribution in [0.5, 0.6) is 0 Å². The summed E-state index contributed by atoms with van der Waals surface area (Å²) in [4.78, 5) is 0. The maximum absolute atomic E-state index is 5.43. The van der Waals surface area contributed by atoms with E-state index in [9.17, 15) is 0 Å². The van der Waals surface area contributed by atoms with E-state index in [-0.39, 0.29) is 0 Å². The van der Waals surface area contributed by atoms with Crippen molar-refractivity contribution in [2.24, 2.45) is 5.73 Å². The summed E-state index contributed by atoms with van der Waals surface area (Å²) in [6.45, 7) is 1.41. The monoisotopic (exact) mass is 193 g/mol. The second-order valence-electron chi connectivity index (χ2n) is 2.79. The minimum absolute atomic E-state index is 0.630. The van der Waals surface area contributed by atoms with Crippen LogP contribution in [0.1, 0.15) is 0 Å². The van der Waals surface area contributed by atoms with Gasteiger partial charge in [-0.25, -0.2) is 0 Å². The fourth-order valence-corrected chi connectivity index (χ4v) is 1.86. The molecule has 0 radical (unpaired) electrons. The van der Waals surface area contributed by atoms with Crippen molar-refractivity contribution in [1.29, 1.82) is 0 Å². The molecule has 2 heterocycles. The first kappa shape index (κ1) is 8.47. The highest BCUT2D eigenvalue weighted by molar-refractivity contribution is 7.08. The second kappa shape index (κ2) is 3.72. The molecule has 0 aromatic carbocycles. The van der Waals surface area contributed by atoms with Gasteiger partial charge in [-0.2, -0.15) is 16.4 Å². The number of aromatic nitrogens is 2. The van der Waals surface area contributed by atoms with E-state index in [0.717, 1.165) is 12.1 Å². The van der Waals surface area contributed by atoms with Crippen LogP contribution < -0.4 is 5.73 Å². The van der Waals surface area contributed by atoms with E-state index >= 15 is 0 Å². The van der Waals surface area contributed by atoms with Crippen LogP contribution in [0.3, 0.4) is 0 Å². The van der Waals surface area contributed by atoms with Gasteiger partial charge >= 0.3 is 0 Å². The van der Waals surface area contributed by atoms with Crippen LogP contribution in [0.4, 0.5) is 0 Å². The van der Waals surface area contributed by atoms with Gasteiger partial charge in [0.05, 0.1) is 12.7 Å². The summed E-state index contributed by atoms with van der Waals surface area (Å²) in [7, 11) is 0. The molecular weight excluding hydrogens is 182 g/mol. The zero-order valence-corrected chi connectivity index (χ0v) is 8.00. The zero-order chi connectivity index (χ0) is 9.10. The molecule has 0 fully saturated rings. The smallest absolute Gasteiger partial charge is 0.0568 e. The molecule has 0 aliphatic carbocycles. The third-order valence-corrected chi connectivity index (χ3v) is 2.53. The average molecular weight is 193 g/mol. The molecule has 68 valence electrons. The molecule has 0 aliphatic rings. The summed E-state index contributed by atoms with van der Waals surface area (Å²) in [6.07, 6.45) is 3.90. The molecule has 2 N–H and O–H groups in total. The van der Waals surface area contributed by atoms with E-state index in [1.54, 1.807) is 11.3 Å². The van der Waals surface area contributed by atoms with E-state index in [4.69, 9.17) is 5.73 Å². The van der Waals surface area contributed by atoms with Gasteiger partial charge in [0.15, 0.2) is 0 Å². The summed E-state index contributed by atoms with van der Waals surface area (Å²) < 4.78 is 1.87. The molecular formula is C9H11N3S. The molecule has 2 rings (SSSR count). The lowest BCUT2D eigenvalue weighted by Gasteiger charge is -1.94. The summed E-state index contributed by atoms with van der Waals surface area (Å²) in [5.41, 5.74) is 7.82. The minimum atomic E-state index is 0.630. The van der Waals surface area contributed by atoms with Crippen molar-refractivity contribution in [3.05, 3.63) is 29.2 Å². The van der Waals surface area contributed by atoms with Crippen molar-refractivity contribution >= 4 is 11.3 Å². The van der Waals surface area contributed by atoms with Crippen LogP contribution in [0.25, 0.3) is 11.1 Å². The Morgan fingerprint density at radius 1 is 1.46 bits per heavy atom. The Hall–Kier alpha value is -1.13. The van der Waals surface area contributed by atoms with E-state index < -0.39 is 0 Å². The molecule has 13 heavy (non-hydrogen) atoms. The lowest BCUT2D eigenvalue weighted by molar-refractivity contribution is 0.625. The lowest BCUT2D eigenvalue weighted by Crippen LogP contribution is -2.09. The van der Waals surface area contributed by atoms with Crippen molar-refractivity contribution in [3.8, 4) is 11.1 Å². The molecule has 0 amide bonds. The van der Waals surface area contributed by atoms with Crippen LogP contribution >= 0.6 is 11.3 Å². The fraction of sp³-hybridized carbons (Fsp3) is 0.222. The Morgan fingerprint density at radius 2 is 2.38 bits per heavy atom. The first-order valence-corrected chi connectivity index (χ1v) is 5.09. The molecule has 0 unspecified atom stereocenters. The molecule has 2 aromatic rings. The Bertz CT molecular complexity index is 364. The van der Waals surface area contributed by atoms with Crippen LogP contribution in [0.15, 0.2) is 29.2 Å². The predicted molar refractivity (Wildman–Crippen MR) is 54.6 cm³/mol. The highest BCUT2D eigenvalue weighted by atomic mass is 32.1. The number of hydrogen-bond acceptors (Lipinski definition) is 3. The number of rotatable bonds is 3. The topological polar surface area (TPSA) is 43.8 Å². The Balaban J connectivity index is 2.23. The molecule has 3 nitrogen and oxygen atoms in total. The fourth-order valence-electron chi connectivity index (χ4n) is 1.20. The first-order valence-electron chi connectivity index (χ1n) is 4.15. The zero-order valence-electron chi connectivity index (χ0n) is 7.18. The average Bonchev–Trinajstić information content (AvgIpc) is 2.70. The molecule has 0 spiro atoms. The van der Waals surface area contributed by atoms with Crippen LogP contribution in [0.2, 0.25) is 0 Å². The van der Waals surface area contributed by atoms with E-state index in [2.05, 4.69) is 21.9 Å². The number of thiophene rings is 1. The van der Waals surface area contributed by atoms with Gasteiger partial charge in [0.2, 0.25) is 0 Å². The molecule has 0 saturated carbocycles. The van der Waals surface area contributed by atoms with Crippen LogP contribution in [-0.2, 0) is 6.54 Å². The Labute approximate surface area is 80.8 Å². The number of nitrogens with two attached hydrogens (primary N) is 1. The molecule has 0 atom stereocenters. The van der Waals surface area contributed by atoms with E-state index in [1.807, 2.05) is 17.1 Å². The molecule has 0 bridgehead atoms. The van der Waals surface area contributed by atoms with Gasteiger partial charge in [0.1, 0.15) is 0 Å². The molecule has 4 heteroatoms. The van der Waals surface area contributed by atoms with E-state index in [0.29, 0.717) is 6.54 Å². The Kier molecular flexibility index (Phi) is 2.42. The standard InChI is InChI=1S/C9H11N3S/c10-2-3-12-6-9(5-11-12)8-1-4-13-7-8/h1,4-7H,2-3,10H2. The maximum Gasteiger partial charge on any atom is 0.0568 e. The van der Waals surface area contributed by atoms with Gasteiger partial charge in [0.25, 0.3) is 0 Å². The summed E-state index contributed by atoms with van der Waals surface area (Å²) in [5.74, 6) is 0. The second-order valence-corrected chi connectivity index (χ2v) is 3.57. The van der Waals surface area contributed by atoms with Gasteiger partial charge in [-0.15, -0.1) is 0 Å². The molecule has 0 saturated heterocycles. The van der Waals surface area contributed by atoms with Gasteiger partial charge in [0, 0.05) is 18.3 Å². The van der Waals surface area contributed by atoms with Crippen LogP contribution in [-0.4, -0.2) is 16.3 Å². The van der Waals surface area contributed by atoms with Crippen molar-refractivity contribution in [1.82, 2.24) is 9.78 Å². The summed E-state index contributed by atoms with van der Waals surface area (Å²) in [6, 6.07) is 2.09. The van der Waals surface area contributed by atoms with Crippen LogP contribution in [0, 0.1) is 0 Å². The summed E-state index contributed by atoms with van der Waals surface area (Å²) in [5, 5.41) is 8.38. The number of nitrogens with zero attached hydrogens (tertiary/aromatic N) is 2. The number of hydrogen-bond donors (Lipinski definition) is 1.